The molecule has 0 bridgehead atoms. The second-order valence-electron chi connectivity index (χ2n) is 8.90. The van der Waals surface area contributed by atoms with E-state index in [0.717, 1.165) is 18.4 Å². The van der Waals surface area contributed by atoms with Gasteiger partial charge in [-0.25, -0.2) is 4.39 Å². The summed E-state index contributed by atoms with van der Waals surface area (Å²) in [5, 5.41) is 0. The summed E-state index contributed by atoms with van der Waals surface area (Å²) in [4.78, 5) is 15.0. The maximum Gasteiger partial charge on any atom is 0.254 e. The smallest absolute Gasteiger partial charge is 0.254 e. The molecule has 2 fully saturated rings. The highest BCUT2D eigenvalue weighted by Gasteiger charge is 2.34. The molecule has 7 heteroatoms. The summed E-state index contributed by atoms with van der Waals surface area (Å²) in [6.45, 7) is 5.59. The standard InChI is InChI=1S/C25H30FNO5/c1-25(15-30-16-25)17-32-23-12-18(5-10-22(23)29-2)13-27(14-21-4-3-11-31-21)24(28)19-6-8-20(26)9-7-19/h5-10,12,21H,3-4,11,13-17H2,1-2H3/t21-/m1/s1. The average Bonchev–Trinajstić information content (AvgIpc) is 3.29. The van der Waals surface area contributed by atoms with Gasteiger partial charge in [0.05, 0.1) is 33.0 Å². The van der Waals surface area contributed by atoms with E-state index >= 15 is 0 Å². The Morgan fingerprint density at radius 3 is 2.59 bits per heavy atom. The Hall–Kier alpha value is -2.64. The molecule has 0 saturated carbocycles. The number of ether oxygens (including phenoxy) is 4. The molecule has 172 valence electrons. The van der Waals surface area contributed by atoms with Gasteiger partial charge in [0.2, 0.25) is 0 Å². The zero-order chi connectivity index (χ0) is 22.6. The van der Waals surface area contributed by atoms with Gasteiger partial charge in [0, 0.05) is 30.7 Å². The van der Waals surface area contributed by atoms with Crippen molar-refractivity contribution in [2.24, 2.45) is 5.41 Å². The third kappa shape index (κ3) is 5.40. The predicted molar refractivity (Wildman–Crippen MR) is 118 cm³/mol. The lowest BCUT2D eigenvalue weighted by Crippen LogP contribution is -2.44. The molecule has 0 unspecified atom stereocenters. The van der Waals surface area contributed by atoms with Gasteiger partial charge in [-0.05, 0) is 54.8 Å². The van der Waals surface area contributed by atoms with Gasteiger partial charge in [-0.1, -0.05) is 13.0 Å². The van der Waals surface area contributed by atoms with Crippen molar-refractivity contribution in [2.45, 2.75) is 32.4 Å². The maximum absolute atomic E-state index is 13.3. The van der Waals surface area contributed by atoms with Gasteiger partial charge in [-0.2, -0.15) is 0 Å². The quantitative estimate of drug-likeness (QED) is 0.585. The first-order valence-corrected chi connectivity index (χ1v) is 11.0. The molecule has 2 heterocycles. The Kier molecular flexibility index (Phi) is 6.96. The molecule has 0 radical (unpaired) electrons. The van der Waals surface area contributed by atoms with Crippen molar-refractivity contribution in [1.82, 2.24) is 4.90 Å². The van der Waals surface area contributed by atoms with Gasteiger partial charge < -0.3 is 23.8 Å². The molecular formula is C25H30FNO5. The predicted octanol–water partition coefficient (Wildman–Crippen LogP) is 4.07. The van der Waals surface area contributed by atoms with Gasteiger partial charge in [-0.15, -0.1) is 0 Å². The van der Waals surface area contributed by atoms with E-state index in [4.69, 9.17) is 18.9 Å². The highest BCUT2D eigenvalue weighted by molar-refractivity contribution is 5.94. The van der Waals surface area contributed by atoms with E-state index < -0.39 is 0 Å². The molecule has 0 N–H and O–H groups in total. The van der Waals surface area contributed by atoms with E-state index in [9.17, 15) is 9.18 Å². The number of methoxy groups -OCH3 is 1. The molecule has 4 rings (SSSR count). The van der Waals surface area contributed by atoms with Crippen molar-refractivity contribution < 1.29 is 28.1 Å². The van der Waals surface area contributed by atoms with E-state index in [1.54, 1.807) is 12.0 Å². The summed E-state index contributed by atoms with van der Waals surface area (Å²) in [7, 11) is 1.61. The van der Waals surface area contributed by atoms with Crippen molar-refractivity contribution in [3.05, 3.63) is 59.4 Å². The normalized spacial score (nSPS) is 19.3. The molecule has 2 aromatic rings. The average molecular weight is 444 g/mol. The molecule has 1 amide bonds. The van der Waals surface area contributed by atoms with Crippen LogP contribution in [0.4, 0.5) is 4.39 Å². The fraction of sp³-hybridized carbons (Fsp3) is 0.480. The molecule has 2 aliphatic heterocycles. The first-order chi connectivity index (χ1) is 15.5. The second-order valence-corrected chi connectivity index (χ2v) is 8.90. The number of rotatable bonds is 9. The number of halogens is 1. The number of benzene rings is 2. The van der Waals surface area contributed by atoms with Gasteiger partial charge in [-0.3, -0.25) is 4.79 Å². The Morgan fingerprint density at radius 1 is 1.19 bits per heavy atom. The Bertz CT molecular complexity index is 922. The van der Waals surface area contributed by atoms with Gasteiger partial charge in [0.25, 0.3) is 5.91 Å². The highest BCUT2D eigenvalue weighted by Crippen LogP contribution is 2.33. The molecule has 0 aliphatic carbocycles. The van der Waals surface area contributed by atoms with E-state index in [1.807, 2.05) is 18.2 Å². The van der Waals surface area contributed by atoms with Crippen molar-refractivity contribution >= 4 is 5.91 Å². The molecule has 0 spiro atoms. The van der Waals surface area contributed by atoms with Gasteiger partial charge >= 0.3 is 0 Å². The summed E-state index contributed by atoms with van der Waals surface area (Å²) >= 11 is 0. The van der Waals surface area contributed by atoms with E-state index in [0.29, 0.717) is 56.6 Å². The van der Waals surface area contributed by atoms with Crippen LogP contribution in [0.5, 0.6) is 11.5 Å². The second kappa shape index (κ2) is 9.88. The van der Waals surface area contributed by atoms with Gasteiger partial charge in [0.1, 0.15) is 5.82 Å². The lowest BCUT2D eigenvalue weighted by atomic mass is 9.90. The minimum Gasteiger partial charge on any atom is -0.493 e. The molecular weight excluding hydrogens is 413 g/mol. The summed E-state index contributed by atoms with van der Waals surface area (Å²) < 4.78 is 36.0. The number of hydrogen-bond acceptors (Lipinski definition) is 5. The van der Waals surface area contributed by atoms with Crippen LogP contribution >= 0.6 is 0 Å². The number of nitrogens with zero attached hydrogens (tertiary/aromatic N) is 1. The Labute approximate surface area is 188 Å². The van der Waals surface area contributed by atoms with E-state index in [-0.39, 0.29) is 23.2 Å². The summed E-state index contributed by atoms with van der Waals surface area (Å²) in [5.41, 5.74) is 1.38. The monoisotopic (exact) mass is 443 g/mol. The summed E-state index contributed by atoms with van der Waals surface area (Å²) in [6, 6.07) is 11.4. The Morgan fingerprint density at radius 2 is 1.97 bits per heavy atom. The topological polar surface area (TPSA) is 57.2 Å². The maximum atomic E-state index is 13.3. The van der Waals surface area contributed by atoms with Crippen molar-refractivity contribution in [1.29, 1.82) is 0 Å². The lowest BCUT2D eigenvalue weighted by molar-refractivity contribution is -0.120. The van der Waals surface area contributed by atoms with Crippen molar-refractivity contribution in [3.8, 4) is 11.5 Å². The fourth-order valence-electron chi connectivity index (χ4n) is 3.97. The van der Waals surface area contributed by atoms with E-state index in [2.05, 4.69) is 6.92 Å². The van der Waals surface area contributed by atoms with Crippen LogP contribution in [-0.4, -0.2) is 57.0 Å². The highest BCUT2D eigenvalue weighted by atomic mass is 19.1. The number of carbonyl (C=O) groups excluding carboxylic acids is 1. The Balaban J connectivity index is 1.52. The van der Waals surface area contributed by atoms with E-state index in [1.165, 1.54) is 24.3 Å². The van der Waals surface area contributed by atoms with Crippen LogP contribution in [0.3, 0.4) is 0 Å². The number of carbonyl (C=O) groups is 1. The van der Waals surface area contributed by atoms with Crippen LogP contribution in [0.1, 0.15) is 35.7 Å². The number of amides is 1. The first kappa shape index (κ1) is 22.6. The fourth-order valence-corrected chi connectivity index (χ4v) is 3.97. The third-order valence-corrected chi connectivity index (χ3v) is 5.91. The van der Waals surface area contributed by atoms with Crippen LogP contribution < -0.4 is 9.47 Å². The molecule has 32 heavy (non-hydrogen) atoms. The van der Waals surface area contributed by atoms with Crippen molar-refractivity contribution in [3.63, 3.8) is 0 Å². The van der Waals surface area contributed by atoms with Crippen LogP contribution in [0, 0.1) is 11.2 Å². The zero-order valence-electron chi connectivity index (χ0n) is 18.6. The van der Waals surface area contributed by atoms with Crippen molar-refractivity contribution in [2.75, 3.05) is 40.1 Å². The molecule has 2 saturated heterocycles. The summed E-state index contributed by atoms with van der Waals surface area (Å²) in [5.74, 6) is 0.769. The first-order valence-electron chi connectivity index (χ1n) is 11.0. The molecule has 0 aromatic heterocycles. The third-order valence-electron chi connectivity index (χ3n) is 5.91. The SMILES string of the molecule is COc1ccc(CN(C[C@H]2CCCO2)C(=O)c2ccc(F)cc2)cc1OCC1(C)COC1. The van der Waals surface area contributed by atoms with Gasteiger partial charge in [0.15, 0.2) is 11.5 Å². The largest absolute Gasteiger partial charge is 0.493 e. The van der Waals surface area contributed by atoms with Crippen LogP contribution in [0.25, 0.3) is 0 Å². The molecule has 2 aromatic carbocycles. The molecule has 1 atom stereocenters. The lowest BCUT2D eigenvalue weighted by Gasteiger charge is -2.37. The van der Waals surface area contributed by atoms with Crippen LogP contribution in [0.15, 0.2) is 42.5 Å². The molecule has 2 aliphatic rings. The molecule has 6 nitrogen and oxygen atoms in total. The number of hydrogen-bond donors (Lipinski definition) is 0. The zero-order valence-corrected chi connectivity index (χ0v) is 18.6. The minimum absolute atomic E-state index is 0.00537. The van der Waals surface area contributed by atoms with Crippen LogP contribution in [-0.2, 0) is 16.0 Å². The van der Waals surface area contributed by atoms with Crippen LogP contribution in [0.2, 0.25) is 0 Å². The summed E-state index contributed by atoms with van der Waals surface area (Å²) in [6.07, 6.45) is 1.92. The minimum atomic E-state index is -0.366.